The molecule has 0 atom stereocenters. The van der Waals surface area contributed by atoms with Crippen molar-refractivity contribution >= 4 is 21.4 Å². The number of hydrogen-bond donors (Lipinski definition) is 1. The third kappa shape index (κ3) is 5.30. The molecule has 0 aliphatic carbocycles. The molecular formula is C20H24N4O3S2. The van der Waals surface area contributed by atoms with Crippen molar-refractivity contribution in [1.82, 2.24) is 19.8 Å². The first-order valence-corrected chi connectivity index (χ1v) is 12.1. The Morgan fingerprint density at radius 2 is 1.93 bits per heavy atom. The maximum absolute atomic E-state index is 12.3. The summed E-state index contributed by atoms with van der Waals surface area (Å²) in [6, 6.07) is 13.2. The fourth-order valence-corrected chi connectivity index (χ4v) is 5.80. The van der Waals surface area contributed by atoms with Crippen LogP contribution >= 0.6 is 11.3 Å². The van der Waals surface area contributed by atoms with Gasteiger partial charge in [0, 0.05) is 18.0 Å². The summed E-state index contributed by atoms with van der Waals surface area (Å²) in [5, 5.41) is 5.83. The van der Waals surface area contributed by atoms with Crippen LogP contribution in [0.1, 0.15) is 25.2 Å². The van der Waals surface area contributed by atoms with Crippen molar-refractivity contribution in [3.63, 3.8) is 0 Å². The van der Waals surface area contributed by atoms with Crippen LogP contribution < -0.4 is 4.72 Å². The lowest BCUT2D eigenvalue weighted by Crippen LogP contribution is -2.44. The quantitative estimate of drug-likeness (QED) is 0.588. The molecule has 1 aromatic carbocycles. The second-order valence-corrected chi connectivity index (χ2v) is 10.0. The molecule has 0 bridgehead atoms. The van der Waals surface area contributed by atoms with E-state index in [0.717, 1.165) is 50.9 Å². The van der Waals surface area contributed by atoms with Gasteiger partial charge in [-0.15, -0.1) is 11.3 Å². The monoisotopic (exact) mass is 432 g/mol. The van der Waals surface area contributed by atoms with Crippen LogP contribution in [-0.2, 0) is 16.4 Å². The predicted molar refractivity (Wildman–Crippen MR) is 112 cm³/mol. The molecule has 9 heteroatoms. The first-order valence-electron chi connectivity index (χ1n) is 9.76. The van der Waals surface area contributed by atoms with E-state index < -0.39 is 10.0 Å². The molecule has 1 saturated heterocycles. The minimum Gasteiger partial charge on any atom is -0.339 e. The van der Waals surface area contributed by atoms with E-state index in [0.29, 0.717) is 15.9 Å². The van der Waals surface area contributed by atoms with Gasteiger partial charge in [0.15, 0.2) is 0 Å². The summed E-state index contributed by atoms with van der Waals surface area (Å²) in [5.74, 6) is 1.28. The number of piperidine rings is 1. The van der Waals surface area contributed by atoms with E-state index in [2.05, 4.69) is 19.8 Å². The predicted octanol–water partition coefficient (Wildman–Crippen LogP) is 3.17. The third-order valence-corrected chi connectivity index (χ3v) is 7.95. The highest BCUT2D eigenvalue weighted by Gasteiger charge is 2.25. The Bertz CT molecular complexity index is 996. The average molecular weight is 433 g/mol. The van der Waals surface area contributed by atoms with Crippen molar-refractivity contribution < 1.29 is 12.9 Å². The summed E-state index contributed by atoms with van der Waals surface area (Å²) in [4.78, 5) is 6.83. The maximum Gasteiger partial charge on any atom is 0.250 e. The molecule has 0 spiro atoms. The molecule has 154 valence electrons. The van der Waals surface area contributed by atoms with Crippen LogP contribution in [0.3, 0.4) is 0 Å². The van der Waals surface area contributed by atoms with Gasteiger partial charge in [-0.3, -0.25) is 0 Å². The lowest BCUT2D eigenvalue weighted by Gasteiger charge is -2.31. The summed E-state index contributed by atoms with van der Waals surface area (Å²) >= 11 is 1.25. The highest BCUT2D eigenvalue weighted by Crippen LogP contribution is 2.19. The Morgan fingerprint density at radius 1 is 1.14 bits per heavy atom. The third-order valence-electron chi connectivity index (χ3n) is 5.03. The minimum atomic E-state index is -3.39. The largest absolute Gasteiger partial charge is 0.339 e. The van der Waals surface area contributed by atoms with Gasteiger partial charge in [-0.2, -0.15) is 4.98 Å². The van der Waals surface area contributed by atoms with Crippen molar-refractivity contribution in [2.24, 2.45) is 0 Å². The van der Waals surface area contributed by atoms with Gasteiger partial charge in [-0.1, -0.05) is 41.6 Å². The van der Waals surface area contributed by atoms with Crippen LogP contribution in [0.4, 0.5) is 0 Å². The molecule has 0 radical (unpaired) electrons. The number of aryl methyl sites for hydroxylation is 1. The number of rotatable bonds is 8. The molecule has 7 nitrogen and oxygen atoms in total. The van der Waals surface area contributed by atoms with Gasteiger partial charge in [0.05, 0.1) is 0 Å². The van der Waals surface area contributed by atoms with Crippen molar-refractivity contribution in [1.29, 1.82) is 0 Å². The summed E-state index contributed by atoms with van der Waals surface area (Å²) in [6.45, 7) is 2.71. The number of nitrogens with one attached hydrogen (secondary N) is 1. The minimum absolute atomic E-state index is 0.00252. The van der Waals surface area contributed by atoms with Crippen molar-refractivity contribution in [3.8, 4) is 11.4 Å². The van der Waals surface area contributed by atoms with Crippen molar-refractivity contribution in [3.05, 3.63) is 53.7 Å². The van der Waals surface area contributed by atoms with E-state index in [1.54, 1.807) is 17.5 Å². The van der Waals surface area contributed by atoms with Gasteiger partial charge in [0.1, 0.15) is 4.21 Å². The highest BCUT2D eigenvalue weighted by atomic mass is 32.2. The second kappa shape index (κ2) is 9.17. The van der Waals surface area contributed by atoms with Crippen molar-refractivity contribution in [2.45, 2.75) is 35.9 Å². The standard InChI is InChI=1S/C20H24N4O3S2/c25-29(26,19-9-5-15-28-19)23-17-10-13-24(14-11-17)12-4-8-18-21-20(22-27-18)16-6-2-1-3-7-16/h1-3,5-7,9,15,17,23H,4,8,10-14H2. The molecule has 1 N–H and O–H groups in total. The van der Waals surface area contributed by atoms with Crippen molar-refractivity contribution in [2.75, 3.05) is 19.6 Å². The van der Waals surface area contributed by atoms with Crippen LogP contribution in [0, 0.1) is 0 Å². The molecule has 0 saturated carbocycles. The van der Waals surface area contributed by atoms with Gasteiger partial charge in [-0.25, -0.2) is 13.1 Å². The van der Waals surface area contributed by atoms with Gasteiger partial charge in [-0.05, 0) is 50.3 Å². The first kappa shape index (κ1) is 20.2. The summed E-state index contributed by atoms with van der Waals surface area (Å²) < 4.78 is 33.3. The Balaban J connectivity index is 1.19. The van der Waals surface area contributed by atoms with E-state index in [1.165, 1.54) is 11.3 Å². The fourth-order valence-electron chi connectivity index (χ4n) is 3.48. The zero-order valence-corrected chi connectivity index (χ0v) is 17.7. The van der Waals surface area contributed by atoms with Gasteiger partial charge in [0.25, 0.3) is 0 Å². The maximum atomic E-state index is 12.3. The molecule has 0 amide bonds. The Labute approximate surface area is 174 Å². The second-order valence-electron chi connectivity index (χ2n) is 7.15. The number of aromatic nitrogens is 2. The molecule has 4 rings (SSSR count). The molecule has 0 unspecified atom stereocenters. The van der Waals surface area contributed by atoms with Gasteiger partial charge in [0.2, 0.25) is 21.7 Å². The van der Waals surface area contributed by atoms with Crippen LogP contribution in [-0.4, -0.2) is 49.1 Å². The number of likely N-dealkylation sites (tertiary alicyclic amines) is 1. The fraction of sp³-hybridized carbons (Fsp3) is 0.400. The Hall–Kier alpha value is -2.07. The van der Waals surface area contributed by atoms with Crippen LogP contribution in [0.5, 0.6) is 0 Å². The van der Waals surface area contributed by atoms with Gasteiger partial charge >= 0.3 is 0 Å². The molecular weight excluding hydrogens is 408 g/mol. The zero-order valence-electron chi connectivity index (χ0n) is 16.0. The number of sulfonamides is 1. The smallest absolute Gasteiger partial charge is 0.250 e. The number of thiophene rings is 1. The van der Waals surface area contributed by atoms with Crippen LogP contribution in [0.15, 0.2) is 56.6 Å². The van der Waals surface area contributed by atoms with E-state index in [-0.39, 0.29) is 6.04 Å². The van der Waals surface area contributed by atoms with E-state index in [4.69, 9.17) is 4.52 Å². The molecule has 1 aliphatic rings. The normalized spacial score (nSPS) is 16.3. The molecule has 3 heterocycles. The molecule has 3 aromatic rings. The summed E-state index contributed by atoms with van der Waals surface area (Å²) in [5.41, 5.74) is 0.953. The SMILES string of the molecule is O=S(=O)(NC1CCN(CCCc2nc(-c3ccccc3)no2)CC1)c1cccs1. The van der Waals surface area contributed by atoms with Crippen LogP contribution in [0.2, 0.25) is 0 Å². The Morgan fingerprint density at radius 3 is 2.66 bits per heavy atom. The number of benzene rings is 1. The number of hydrogen-bond acceptors (Lipinski definition) is 7. The molecule has 29 heavy (non-hydrogen) atoms. The topological polar surface area (TPSA) is 88.3 Å². The summed E-state index contributed by atoms with van der Waals surface area (Å²) in [7, 11) is -3.39. The zero-order chi connectivity index (χ0) is 20.1. The lowest BCUT2D eigenvalue weighted by atomic mass is 10.1. The first-order chi connectivity index (χ1) is 14.1. The Kier molecular flexibility index (Phi) is 6.39. The average Bonchev–Trinajstić information content (AvgIpc) is 3.43. The van der Waals surface area contributed by atoms with Crippen LogP contribution in [0.25, 0.3) is 11.4 Å². The lowest BCUT2D eigenvalue weighted by molar-refractivity contribution is 0.203. The van der Waals surface area contributed by atoms with E-state index in [1.807, 2.05) is 30.3 Å². The molecule has 2 aromatic heterocycles. The highest BCUT2D eigenvalue weighted by molar-refractivity contribution is 7.91. The molecule has 1 aliphatic heterocycles. The van der Waals surface area contributed by atoms with E-state index in [9.17, 15) is 8.42 Å². The summed E-state index contributed by atoms with van der Waals surface area (Å²) in [6.07, 6.45) is 3.32. The van der Waals surface area contributed by atoms with Gasteiger partial charge < -0.3 is 9.42 Å². The van der Waals surface area contributed by atoms with E-state index >= 15 is 0 Å². The number of nitrogens with zero attached hydrogens (tertiary/aromatic N) is 3. The molecule has 1 fully saturated rings.